The van der Waals surface area contributed by atoms with Gasteiger partial charge in [-0.15, -0.1) is 0 Å². The normalized spacial score (nSPS) is 14.6. The van der Waals surface area contributed by atoms with Crippen LogP contribution < -0.4 is 5.32 Å². The molecule has 1 aromatic carbocycles. The van der Waals surface area contributed by atoms with E-state index in [1.165, 1.54) is 7.11 Å². The van der Waals surface area contributed by atoms with E-state index in [0.29, 0.717) is 41.7 Å². The number of nitrogens with one attached hydrogen (secondary N) is 1. The molecule has 1 saturated heterocycles. The lowest BCUT2D eigenvalue weighted by molar-refractivity contribution is 0.0382. The van der Waals surface area contributed by atoms with E-state index in [1.807, 2.05) is 0 Å². The van der Waals surface area contributed by atoms with E-state index < -0.39 is 11.9 Å². The molecule has 3 rings (SSSR count). The van der Waals surface area contributed by atoms with Crippen LogP contribution in [0, 0.1) is 0 Å². The molecule has 0 unspecified atom stereocenters. The number of nitrogens with zero attached hydrogens (tertiary/aromatic N) is 3. The molecule has 150 valence electrons. The van der Waals surface area contributed by atoms with Crippen molar-refractivity contribution in [3.8, 4) is 0 Å². The van der Waals surface area contributed by atoms with Crippen molar-refractivity contribution in [1.29, 1.82) is 0 Å². The Hall–Kier alpha value is -2.49. The summed E-state index contributed by atoms with van der Waals surface area (Å²) < 4.78 is 15.0. The molecule has 0 aliphatic carbocycles. The molecule has 1 aromatic heterocycles. The number of ether oxygens (including phenoxy) is 2. The number of halogens is 1. The van der Waals surface area contributed by atoms with Gasteiger partial charge in [-0.3, -0.25) is 9.69 Å². The number of amides is 1. The number of hydrogen-bond donors (Lipinski definition) is 1. The largest absolute Gasteiger partial charge is 0.465 e. The van der Waals surface area contributed by atoms with Crippen molar-refractivity contribution in [3.63, 3.8) is 0 Å². The van der Waals surface area contributed by atoms with E-state index in [0.717, 1.165) is 19.6 Å². The van der Waals surface area contributed by atoms with Crippen molar-refractivity contribution in [1.82, 2.24) is 20.4 Å². The quantitative estimate of drug-likeness (QED) is 0.680. The Bertz CT molecular complexity index is 835. The van der Waals surface area contributed by atoms with E-state index in [-0.39, 0.29) is 12.3 Å². The van der Waals surface area contributed by atoms with Crippen LogP contribution in [-0.4, -0.2) is 73.4 Å². The topological polar surface area (TPSA) is 107 Å². The number of methoxy groups -OCH3 is 1. The predicted molar refractivity (Wildman–Crippen MR) is 99.5 cm³/mol. The minimum absolute atomic E-state index is 0.114. The molecule has 1 aliphatic rings. The van der Waals surface area contributed by atoms with Gasteiger partial charge in [0.1, 0.15) is 0 Å². The van der Waals surface area contributed by atoms with Crippen LogP contribution in [0.1, 0.15) is 32.4 Å². The summed E-state index contributed by atoms with van der Waals surface area (Å²) >= 11 is 6.17. The highest BCUT2D eigenvalue weighted by Gasteiger charge is 2.17. The number of carbonyl (C=O) groups is 2. The molecular formula is C18H21ClN4O5. The highest BCUT2D eigenvalue weighted by Crippen LogP contribution is 2.20. The molecule has 0 bridgehead atoms. The number of hydrogen-bond acceptors (Lipinski definition) is 8. The number of esters is 1. The van der Waals surface area contributed by atoms with Crippen LogP contribution in [0.3, 0.4) is 0 Å². The van der Waals surface area contributed by atoms with Gasteiger partial charge in [0.2, 0.25) is 0 Å². The number of rotatable bonds is 7. The maximum atomic E-state index is 12.2. The van der Waals surface area contributed by atoms with Crippen molar-refractivity contribution < 1.29 is 23.6 Å². The second-order valence-electron chi connectivity index (χ2n) is 6.20. The Morgan fingerprint density at radius 1 is 1.32 bits per heavy atom. The van der Waals surface area contributed by atoms with Crippen LogP contribution in [0.25, 0.3) is 0 Å². The molecule has 1 aliphatic heterocycles. The first-order valence-electron chi connectivity index (χ1n) is 8.84. The molecular weight excluding hydrogens is 388 g/mol. The molecule has 1 N–H and O–H groups in total. The molecule has 9 nitrogen and oxygen atoms in total. The summed E-state index contributed by atoms with van der Waals surface area (Å²) in [6.45, 7) is 4.33. The van der Waals surface area contributed by atoms with Gasteiger partial charge in [-0.25, -0.2) is 4.79 Å². The second-order valence-corrected chi connectivity index (χ2v) is 6.61. The van der Waals surface area contributed by atoms with Gasteiger partial charge >= 0.3 is 17.8 Å². The van der Waals surface area contributed by atoms with E-state index in [4.69, 9.17) is 25.6 Å². The Morgan fingerprint density at radius 2 is 2.11 bits per heavy atom. The van der Waals surface area contributed by atoms with Crippen molar-refractivity contribution >= 4 is 23.5 Å². The number of carbonyl (C=O) groups excluding carboxylic acids is 2. The summed E-state index contributed by atoms with van der Waals surface area (Å²) in [5.41, 5.74) is 0.996. The van der Waals surface area contributed by atoms with Crippen molar-refractivity contribution in [2.45, 2.75) is 6.42 Å². The van der Waals surface area contributed by atoms with E-state index in [9.17, 15) is 9.59 Å². The minimum atomic E-state index is -0.466. The van der Waals surface area contributed by atoms with Crippen molar-refractivity contribution in [3.05, 3.63) is 46.1 Å². The Morgan fingerprint density at radius 3 is 2.86 bits per heavy atom. The summed E-state index contributed by atoms with van der Waals surface area (Å²) in [5.74, 6) is -0.716. The Kier molecular flexibility index (Phi) is 6.96. The lowest BCUT2D eigenvalue weighted by Crippen LogP contribution is -2.41. The second kappa shape index (κ2) is 9.63. The Balaban J connectivity index is 1.56. The van der Waals surface area contributed by atoms with Crippen molar-refractivity contribution in [2.75, 3.05) is 46.5 Å². The molecule has 2 heterocycles. The minimum Gasteiger partial charge on any atom is -0.465 e. The summed E-state index contributed by atoms with van der Waals surface area (Å²) in [6.07, 6.45) is 0.216. The van der Waals surface area contributed by atoms with Crippen LogP contribution in [0.15, 0.2) is 22.7 Å². The van der Waals surface area contributed by atoms with Gasteiger partial charge in [-0.1, -0.05) is 16.8 Å². The maximum absolute atomic E-state index is 12.2. The van der Waals surface area contributed by atoms with Crippen LogP contribution in [0.2, 0.25) is 5.02 Å². The van der Waals surface area contributed by atoms with Gasteiger partial charge in [-0.05, 0) is 23.8 Å². The highest BCUT2D eigenvalue weighted by molar-refractivity contribution is 6.31. The standard InChI is InChI=1S/C18H21ClN4O5/c1-26-18(25)12-2-3-14(19)13(10-12)11-15-21-17(28-22-15)16(24)20-4-5-23-6-8-27-9-7-23/h2-3,10H,4-9,11H2,1H3,(H,20,24). The molecule has 10 heteroatoms. The molecule has 28 heavy (non-hydrogen) atoms. The molecule has 0 radical (unpaired) electrons. The first-order valence-corrected chi connectivity index (χ1v) is 9.22. The molecule has 1 amide bonds. The fraction of sp³-hybridized carbons (Fsp3) is 0.444. The molecule has 0 atom stereocenters. The van der Waals surface area contributed by atoms with Crippen LogP contribution in [0.4, 0.5) is 0 Å². The van der Waals surface area contributed by atoms with Crippen LogP contribution >= 0.6 is 11.6 Å². The monoisotopic (exact) mass is 408 g/mol. The average Bonchev–Trinajstić information content (AvgIpc) is 3.18. The highest BCUT2D eigenvalue weighted by atomic mass is 35.5. The molecule has 2 aromatic rings. The summed E-state index contributed by atoms with van der Waals surface area (Å²) in [6, 6.07) is 4.77. The summed E-state index contributed by atoms with van der Waals surface area (Å²) in [7, 11) is 1.31. The summed E-state index contributed by atoms with van der Waals surface area (Å²) in [4.78, 5) is 30.1. The molecule has 0 saturated carbocycles. The molecule has 1 fully saturated rings. The van der Waals surface area contributed by atoms with Crippen LogP contribution in [0.5, 0.6) is 0 Å². The third kappa shape index (κ3) is 5.28. The number of morpholine rings is 1. The first-order chi connectivity index (χ1) is 13.6. The third-order valence-electron chi connectivity index (χ3n) is 4.30. The fourth-order valence-corrected chi connectivity index (χ4v) is 2.96. The SMILES string of the molecule is COC(=O)c1ccc(Cl)c(Cc2noc(C(=O)NCCN3CCOCC3)n2)c1. The van der Waals surface area contributed by atoms with E-state index in [1.54, 1.807) is 18.2 Å². The number of benzene rings is 1. The smallest absolute Gasteiger partial charge is 0.337 e. The van der Waals surface area contributed by atoms with E-state index in [2.05, 4.69) is 20.4 Å². The number of aromatic nitrogens is 2. The van der Waals surface area contributed by atoms with Gasteiger partial charge in [0, 0.05) is 37.6 Å². The lowest BCUT2D eigenvalue weighted by Gasteiger charge is -2.26. The zero-order chi connectivity index (χ0) is 19.9. The van der Waals surface area contributed by atoms with Gasteiger partial charge in [0.15, 0.2) is 5.82 Å². The van der Waals surface area contributed by atoms with Crippen LogP contribution in [-0.2, 0) is 15.9 Å². The summed E-state index contributed by atoms with van der Waals surface area (Å²) in [5, 5.41) is 7.03. The first kappa shape index (κ1) is 20.2. The third-order valence-corrected chi connectivity index (χ3v) is 4.66. The Labute approximate surface area is 166 Å². The average molecular weight is 409 g/mol. The van der Waals surface area contributed by atoms with Gasteiger partial charge in [-0.2, -0.15) is 4.98 Å². The van der Waals surface area contributed by atoms with E-state index >= 15 is 0 Å². The zero-order valence-electron chi connectivity index (χ0n) is 15.4. The maximum Gasteiger partial charge on any atom is 0.337 e. The lowest BCUT2D eigenvalue weighted by atomic mass is 10.1. The molecule has 0 spiro atoms. The van der Waals surface area contributed by atoms with Gasteiger partial charge in [0.05, 0.1) is 25.9 Å². The zero-order valence-corrected chi connectivity index (χ0v) is 16.2. The van der Waals surface area contributed by atoms with Gasteiger partial charge in [0.25, 0.3) is 0 Å². The predicted octanol–water partition coefficient (Wildman–Crippen LogP) is 1.16. The van der Waals surface area contributed by atoms with Gasteiger partial charge < -0.3 is 19.3 Å². The van der Waals surface area contributed by atoms with Crippen molar-refractivity contribution in [2.24, 2.45) is 0 Å². The fourth-order valence-electron chi connectivity index (χ4n) is 2.77.